The van der Waals surface area contributed by atoms with E-state index in [1.807, 2.05) is 0 Å². The van der Waals surface area contributed by atoms with Gasteiger partial charge in [0.15, 0.2) is 6.17 Å². The van der Waals surface area contributed by atoms with Crippen molar-refractivity contribution in [2.45, 2.75) is 19.2 Å². The highest BCUT2D eigenvalue weighted by Crippen LogP contribution is 2.22. The Balaban J connectivity index is 2.82. The minimum Gasteiger partial charge on any atom is -0.390 e. The summed E-state index contributed by atoms with van der Waals surface area (Å²) in [5.74, 6) is 0. The molecule has 0 saturated carbocycles. The standard InChI is InChI=1S/C9H10BrFO/c1-6(12)9(11)7-2-4-8(10)5-3-7/h2-6,9,12H,1H3. The number of halogens is 2. The van der Waals surface area contributed by atoms with Crippen LogP contribution in [0.4, 0.5) is 4.39 Å². The molecule has 0 bridgehead atoms. The Kier molecular flexibility index (Phi) is 3.23. The van der Waals surface area contributed by atoms with Crippen LogP contribution in [0.15, 0.2) is 28.7 Å². The fourth-order valence-electron chi connectivity index (χ4n) is 0.925. The lowest BCUT2D eigenvalue weighted by atomic mass is 10.1. The molecule has 1 aromatic rings. The van der Waals surface area contributed by atoms with Gasteiger partial charge in [-0.15, -0.1) is 0 Å². The quantitative estimate of drug-likeness (QED) is 0.832. The summed E-state index contributed by atoms with van der Waals surface area (Å²) in [7, 11) is 0. The van der Waals surface area contributed by atoms with Crippen LogP contribution in [0.3, 0.4) is 0 Å². The lowest BCUT2D eigenvalue weighted by Crippen LogP contribution is -2.09. The van der Waals surface area contributed by atoms with Crippen LogP contribution in [0.2, 0.25) is 0 Å². The van der Waals surface area contributed by atoms with Crippen molar-refractivity contribution in [1.82, 2.24) is 0 Å². The Morgan fingerprint density at radius 1 is 1.33 bits per heavy atom. The number of rotatable bonds is 2. The first-order chi connectivity index (χ1) is 5.61. The highest BCUT2D eigenvalue weighted by atomic mass is 79.9. The molecule has 0 aromatic heterocycles. The molecule has 1 N–H and O–H groups in total. The van der Waals surface area contributed by atoms with Crippen LogP contribution in [0.1, 0.15) is 18.7 Å². The molecule has 0 amide bonds. The predicted octanol–water partition coefficient (Wildman–Crippen LogP) is 2.84. The summed E-state index contributed by atoms with van der Waals surface area (Å²) in [6, 6.07) is 6.82. The average Bonchev–Trinajstić information content (AvgIpc) is 2.04. The Morgan fingerprint density at radius 3 is 2.25 bits per heavy atom. The summed E-state index contributed by atoms with van der Waals surface area (Å²) < 4.78 is 14.0. The molecule has 12 heavy (non-hydrogen) atoms. The number of benzene rings is 1. The maximum Gasteiger partial charge on any atom is 0.151 e. The van der Waals surface area contributed by atoms with Crippen molar-refractivity contribution in [3.8, 4) is 0 Å². The third-order valence-electron chi connectivity index (χ3n) is 1.61. The average molecular weight is 233 g/mol. The van der Waals surface area contributed by atoms with Gasteiger partial charge in [-0.05, 0) is 24.6 Å². The largest absolute Gasteiger partial charge is 0.390 e. The third-order valence-corrected chi connectivity index (χ3v) is 2.14. The van der Waals surface area contributed by atoms with Crippen LogP contribution >= 0.6 is 15.9 Å². The van der Waals surface area contributed by atoms with Gasteiger partial charge in [-0.3, -0.25) is 0 Å². The van der Waals surface area contributed by atoms with Gasteiger partial charge in [0.25, 0.3) is 0 Å². The van der Waals surface area contributed by atoms with Crippen molar-refractivity contribution in [2.24, 2.45) is 0 Å². The topological polar surface area (TPSA) is 20.2 Å². The van der Waals surface area contributed by atoms with Gasteiger partial charge in [0.05, 0.1) is 6.10 Å². The Morgan fingerprint density at radius 2 is 1.83 bits per heavy atom. The minimum atomic E-state index is -1.29. The van der Waals surface area contributed by atoms with Gasteiger partial charge in [-0.25, -0.2) is 4.39 Å². The van der Waals surface area contributed by atoms with E-state index >= 15 is 0 Å². The smallest absolute Gasteiger partial charge is 0.151 e. The van der Waals surface area contributed by atoms with Crippen LogP contribution in [0, 0.1) is 0 Å². The van der Waals surface area contributed by atoms with E-state index in [-0.39, 0.29) is 0 Å². The fraction of sp³-hybridized carbons (Fsp3) is 0.333. The van der Waals surface area contributed by atoms with Gasteiger partial charge < -0.3 is 5.11 Å². The maximum atomic E-state index is 13.1. The number of aliphatic hydroxyl groups excluding tert-OH is 1. The molecule has 1 nitrogen and oxygen atoms in total. The molecular weight excluding hydrogens is 223 g/mol. The third kappa shape index (κ3) is 2.29. The first kappa shape index (κ1) is 9.68. The number of aliphatic hydroxyl groups is 1. The zero-order chi connectivity index (χ0) is 9.14. The Bertz CT molecular complexity index is 245. The molecule has 1 aromatic carbocycles. The monoisotopic (exact) mass is 232 g/mol. The second-order valence-corrected chi connectivity index (χ2v) is 3.61. The molecular formula is C9H10BrFO. The first-order valence-electron chi connectivity index (χ1n) is 3.69. The van der Waals surface area contributed by atoms with Crippen LogP contribution in [-0.4, -0.2) is 11.2 Å². The molecule has 0 heterocycles. The van der Waals surface area contributed by atoms with Crippen LogP contribution in [0.5, 0.6) is 0 Å². The zero-order valence-corrected chi connectivity index (χ0v) is 8.25. The summed E-state index contributed by atoms with van der Waals surface area (Å²) in [4.78, 5) is 0. The minimum absolute atomic E-state index is 0.508. The van der Waals surface area contributed by atoms with E-state index in [1.54, 1.807) is 24.3 Å². The molecule has 0 fully saturated rings. The maximum absolute atomic E-state index is 13.1. The molecule has 0 saturated heterocycles. The summed E-state index contributed by atoms with van der Waals surface area (Å²) in [6.07, 6.45) is -2.25. The van der Waals surface area contributed by atoms with Crippen molar-refractivity contribution < 1.29 is 9.50 Å². The summed E-state index contributed by atoms with van der Waals surface area (Å²) >= 11 is 3.25. The van der Waals surface area contributed by atoms with Crippen molar-refractivity contribution in [3.05, 3.63) is 34.3 Å². The van der Waals surface area contributed by atoms with Gasteiger partial charge in [0, 0.05) is 4.47 Å². The van der Waals surface area contributed by atoms with E-state index in [1.165, 1.54) is 6.92 Å². The number of hydrogen-bond acceptors (Lipinski definition) is 1. The second-order valence-electron chi connectivity index (χ2n) is 2.69. The van der Waals surface area contributed by atoms with E-state index < -0.39 is 12.3 Å². The molecule has 0 aliphatic rings. The summed E-state index contributed by atoms with van der Waals surface area (Å²) in [6.45, 7) is 1.44. The molecule has 0 aliphatic heterocycles. The molecule has 2 atom stereocenters. The van der Waals surface area contributed by atoms with E-state index in [0.717, 1.165) is 4.47 Å². The Hall–Kier alpha value is -0.410. The molecule has 0 spiro atoms. The SMILES string of the molecule is CC(O)C(F)c1ccc(Br)cc1. The molecule has 1 rings (SSSR count). The second kappa shape index (κ2) is 4.01. The van der Waals surface area contributed by atoms with Gasteiger partial charge in [-0.1, -0.05) is 28.1 Å². The van der Waals surface area contributed by atoms with Gasteiger partial charge in [0.2, 0.25) is 0 Å². The lowest BCUT2D eigenvalue weighted by Gasteiger charge is -2.10. The summed E-state index contributed by atoms with van der Waals surface area (Å²) in [5.41, 5.74) is 0.508. The normalized spacial score (nSPS) is 15.7. The van der Waals surface area contributed by atoms with Gasteiger partial charge >= 0.3 is 0 Å². The molecule has 66 valence electrons. The van der Waals surface area contributed by atoms with Gasteiger partial charge in [0.1, 0.15) is 0 Å². The number of hydrogen-bond donors (Lipinski definition) is 1. The Labute approximate surface area is 79.4 Å². The molecule has 0 aliphatic carbocycles. The van der Waals surface area contributed by atoms with Crippen molar-refractivity contribution in [1.29, 1.82) is 0 Å². The van der Waals surface area contributed by atoms with Crippen molar-refractivity contribution in [2.75, 3.05) is 0 Å². The van der Waals surface area contributed by atoms with Crippen molar-refractivity contribution in [3.63, 3.8) is 0 Å². The summed E-state index contributed by atoms with van der Waals surface area (Å²) in [5, 5.41) is 8.96. The van der Waals surface area contributed by atoms with E-state index in [2.05, 4.69) is 15.9 Å². The van der Waals surface area contributed by atoms with Crippen molar-refractivity contribution >= 4 is 15.9 Å². The first-order valence-corrected chi connectivity index (χ1v) is 4.48. The lowest BCUT2D eigenvalue weighted by molar-refractivity contribution is 0.0933. The van der Waals surface area contributed by atoms with E-state index in [4.69, 9.17) is 5.11 Å². The molecule has 0 radical (unpaired) electrons. The van der Waals surface area contributed by atoms with E-state index in [9.17, 15) is 4.39 Å². The number of alkyl halides is 1. The zero-order valence-electron chi connectivity index (χ0n) is 6.67. The van der Waals surface area contributed by atoms with Crippen LogP contribution in [0.25, 0.3) is 0 Å². The highest BCUT2D eigenvalue weighted by molar-refractivity contribution is 9.10. The van der Waals surface area contributed by atoms with E-state index in [0.29, 0.717) is 5.56 Å². The van der Waals surface area contributed by atoms with Crippen LogP contribution in [-0.2, 0) is 0 Å². The highest BCUT2D eigenvalue weighted by Gasteiger charge is 2.14. The van der Waals surface area contributed by atoms with Crippen LogP contribution < -0.4 is 0 Å². The fourth-order valence-corrected chi connectivity index (χ4v) is 1.19. The predicted molar refractivity (Wildman–Crippen MR) is 49.7 cm³/mol. The molecule has 3 heteroatoms. The van der Waals surface area contributed by atoms with Gasteiger partial charge in [-0.2, -0.15) is 0 Å². The molecule has 2 unspecified atom stereocenters.